The van der Waals surface area contributed by atoms with Gasteiger partial charge in [-0.3, -0.25) is 0 Å². The fraction of sp³-hybridized carbons (Fsp3) is 0.909. The van der Waals surface area contributed by atoms with E-state index >= 15 is 0 Å². The molecule has 1 aliphatic rings. The number of nitrogens with zero attached hydrogens (tertiary/aromatic N) is 1. The Labute approximate surface area is 114 Å². The van der Waals surface area contributed by atoms with E-state index in [0.29, 0.717) is 38.7 Å². The van der Waals surface area contributed by atoms with E-state index in [-0.39, 0.29) is 11.8 Å². The van der Waals surface area contributed by atoms with Crippen LogP contribution in [0.3, 0.4) is 0 Å². The summed E-state index contributed by atoms with van der Waals surface area (Å²) in [5.41, 5.74) is 0. The summed E-state index contributed by atoms with van der Waals surface area (Å²) >= 11 is 0. The molecule has 0 unspecified atom stereocenters. The van der Waals surface area contributed by atoms with E-state index in [4.69, 9.17) is 9.88 Å². The maximum Gasteiger partial charge on any atom is 0.409 e. The van der Waals surface area contributed by atoms with Gasteiger partial charge >= 0.3 is 6.09 Å². The predicted octanol–water partition coefficient (Wildman–Crippen LogP) is -0.124. The van der Waals surface area contributed by atoms with Crippen LogP contribution in [0.15, 0.2) is 0 Å². The Balaban J connectivity index is 2.15. The van der Waals surface area contributed by atoms with Crippen LogP contribution in [0.5, 0.6) is 0 Å². The second kappa shape index (κ2) is 7.66. The zero-order valence-corrected chi connectivity index (χ0v) is 12.1. The molecule has 0 aliphatic carbocycles. The number of amides is 1. The van der Waals surface area contributed by atoms with Gasteiger partial charge in [0, 0.05) is 19.1 Å². The molecule has 0 aromatic rings. The summed E-state index contributed by atoms with van der Waals surface area (Å²) < 4.78 is 26.4. The standard InChI is InChI=1S/C11H23N3O4S/c1-2-18-11(15)14-7-4-10(5-8-14)13-6-3-9-19(12,16)17/h10,13H,2-9H2,1H3,(H2,12,16,17). The number of carbonyl (C=O) groups excluding carboxylic acids is 1. The van der Waals surface area contributed by atoms with E-state index in [2.05, 4.69) is 5.32 Å². The molecule has 0 radical (unpaired) electrons. The number of hydrogen-bond donors (Lipinski definition) is 2. The molecule has 0 spiro atoms. The number of sulfonamides is 1. The minimum atomic E-state index is -3.36. The Morgan fingerprint density at radius 3 is 2.58 bits per heavy atom. The van der Waals surface area contributed by atoms with E-state index < -0.39 is 10.0 Å². The van der Waals surface area contributed by atoms with Crippen LogP contribution in [0.25, 0.3) is 0 Å². The van der Waals surface area contributed by atoms with Gasteiger partial charge in [0.2, 0.25) is 10.0 Å². The van der Waals surface area contributed by atoms with Crippen LogP contribution in [0.1, 0.15) is 26.2 Å². The molecular weight excluding hydrogens is 270 g/mol. The lowest BCUT2D eigenvalue weighted by molar-refractivity contribution is 0.0951. The first-order chi connectivity index (χ1) is 8.92. The third kappa shape index (κ3) is 6.74. The van der Waals surface area contributed by atoms with Crippen LogP contribution >= 0.6 is 0 Å². The summed E-state index contributed by atoms with van der Waals surface area (Å²) in [4.78, 5) is 13.2. The summed E-state index contributed by atoms with van der Waals surface area (Å²) in [5, 5.41) is 8.21. The topological polar surface area (TPSA) is 102 Å². The monoisotopic (exact) mass is 293 g/mol. The Bertz CT molecular complexity index is 377. The van der Waals surface area contributed by atoms with E-state index in [1.165, 1.54) is 0 Å². The number of primary sulfonamides is 1. The molecule has 0 saturated carbocycles. The van der Waals surface area contributed by atoms with Gasteiger partial charge in [-0.25, -0.2) is 18.4 Å². The number of nitrogens with one attached hydrogen (secondary N) is 1. The first-order valence-electron chi connectivity index (χ1n) is 6.58. The van der Waals surface area contributed by atoms with Crippen LogP contribution in [0.2, 0.25) is 0 Å². The molecule has 1 fully saturated rings. The van der Waals surface area contributed by atoms with Crippen molar-refractivity contribution in [3.63, 3.8) is 0 Å². The predicted molar refractivity (Wildman–Crippen MR) is 72.2 cm³/mol. The van der Waals surface area contributed by atoms with E-state index in [1.54, 1.807) is 11.8 Å². The van der Waals surface area contributed by atoms with Gasteiger partial charge in [-0.2, -0.15) is 0 Å². The Hall–Kier alpha value is -0.860. The van der Waals surface area contributed by atoms with Gasteiger partial charge in [0.15, 0.2) is 0 Å². The van der Waals surface area contributed by atoms with Gasteiger partial charge in [0.05, 0.1) is 12.4 Å². The maximum absolute atomic E-state index is 11.5. The number of rotatable bonds is 6. The number of likely N-dealkylation sites (tertiary alicyclic amines) is 1. The van der Waals surface area contributed by atoms with Crippen LogP contribution in [-0.2, 0) is 14.8 Å². The summed E-state index contributed by atoms with van der Waals surface area (Å²) in [6.45, 7) is 4.15. The van der Waals surface area contributed by atoms with Crippen molar-refractivity contribution >= 4 is 16.1 Å². The molecule has 112 valence electrons. The fourth-order valence-electron chi connectivity index (χ4n) is 2.06. The molecule has 1 aliphatic heterocycles. The zero-order chi connectivity index (χ0) is 14.3. The van der Waals surface area contributed by atoms with Crippen LogP contribution < -0.4 is 10.5 Å². The molecule has 7 nitrogen and oxygen atoms in total. The second-order valence-electron chi connectivity index (χ2n) is 4.63. The van der Waals surface area contributed by atoms with Crippen LogP contribution in [0, 0.1) is 0 Å². The highest BCUT2D eigenvalue weighted by Crippen LogP contribution is 2.11. The normalized spacial score (nSPS) is 17.5. The van der Waals surface area contributed by atoms with Crippen molar-refractivity contribution in [2.45, 2.75) is 32.2 Å². The fourth-order valence-corrected chi connectivity index (χ4v) is 2.61. The highest BCUT2D eigenvalue weighted by Gasteiger charge is 2.22. The van der Waals surface area contributed by atoms with E-state index in [0.717, 1.165) is 12.8 Å². The molecule has 0 atom stereocenters. The molecule has 1 heterocycles. The van der Waals surface area contributed by atoms with Crippen molar-refractivity contribution in [1.29, 1.82) is 0 Å². The highest BCUT2D eigenvalue weighted by molar-refractivity contribution is 7.89. The maximum atomic E-state index is 11.5. The van der Waals surface area contributed by atoms with Gasteiger partial charge in [0.25, 0.3) is 0 Å². The Morgan fingerprint density at radius 2 is 2.05 bits per heavy atom. The van der Waals surface area contributed by atoms with Crippen molar-refractivity contribution in [1.82, 2.24) is 10.2 Å². The summed E-state index contributed by atoms with van der Waals surface area (Å²) in [7, 11) is -3.36. The van der Waals surface area contributed by atoms with Gasteiger partial charge in [-0.1, -0.05) is 0 Å². The molecule has 1 saturated heterocycles. The molecule has 0 aromatic heterocycles. The lowest BCUT2D eigenvalue weighted by atomic mass is 10.1. The minimum absolute atomic E-state index is 0.00166. The zero-order valence-electron chi connectivity index (χ0n) is 11.3. The lowest BCUT2D eigenvalue weighted by Crippen LogP contribution is -2.45. The van der Waals surface area contributed by atoms with Crippen LogP contribution in [0.4, 0.5) is 4.79 Å². The van der Waals surface area contributed by atoms with Gasteiger partial charge < -0.3 is 15.0 Å². The summed E-state index contributed by atoms with van der Waals surface area (Å²) in [6, 6.07) is 0.325. The third-order valence-corrected chi connectivity index (χ3v) is 3.92. The Kier molecular flexibility index (Phi) is 6.53. The smallest absolute Gasteiger partial charge is 0.409 e. The van der Waals surface area contributed by atoms with Gasteiger partial charge in [-0.05, 0) is 32.7 Å². The Morgan fingerprint density at radius 1 is 1.42 bits per heavy atom. The number of piperidine rings is 1. The number of nitrogens with two attached hydrogens (primary N) is 1. The molecule has 0 aromatic carbocycles. The van der Waals surface area contributed by atoms with Crippen molar-refractivity contribution in [3.05, 3.63) is 0 Å². The minimum Gasteiger partial charge on any atom is -0.450 e. The first kappa shape index (κ1) is 16.2. The lowest BCUT2D eigenvalue weighted by Gasteiger charge is -2.31. The number of hydrogen-bond acceptors (Lipinski definition) is 5. The molecule has 3 N–H and O–H groups in total. The number of carbonyl (C=O) groups is 1. The average Bonchev–Trinajstić information content (AvgIpc) is 2.34. The summed E-state index contributed by atoms with van der Waals surface area (Å²) in [6.07, 6.45) is 1.97. The SMILES string of the molecule is CCOC(=O)N1CCC(NCCCS(N)(=O)=O)CC1. The van der Waals surface area contributed by atoms with E-state index in [9.17, 15) is 13.2 Å². The molecular formula is C11H23N3O4S. The van der Waals surface area contributed by atoms with Crippen molar-refractivity contribution in [2.24, 2.45) is 5.14 Å². The quantitative estimate of drug-likeness (QED) is 0.665. The first-order valence-corrected chi connectivity index (χ1v) is 8.29. The van der Waals surface area contributed by atoms with Crippen LogP contribution in [-0.4, -0.2) is 57.4 Å². The summed E-state index contributed by atoms with van der Waals surface area (Å²) in [5.74, 6) is 0.00166. The van der Waals surface area contributed by atoms with E-state index in [1.807, 2.05) is 0 Å². The van der Waals surface area contributed by atoms with Gasteiger partial charge in [0.1, 0.15) is 0 Å². The van der Waals surface area contributed by atoms with Crippen molar-refractivity contribution in [2.75, 3.05) is 32.0 Å². The average molecular weight is 293 g/mol. The molecule has 1 rings (SSSR count). The molecule has 19 heavy (non-hydrogen) atoms. The van der Waals surface area contributed by atoms with Crippen molar-refractivity contribution in [3.8, 4) is 0 Å². The highest BCUT2D eigenvalue weighted by atomic mass is 32.2. The molecule has 0 bridgehead atoms. The molecule has 1 amide bonds. The third-order valence-electron chi connectivity index (χ3n) is 3.06. The molecule has 8 heteroatoms. The second-order valence-corrected chi connectivity index (χ2v) is 6.37. The van der Waals surface area contributed by atoms with Gasteiger partial charge in [-0.15, -0.1) is 0 Å². The largest absolute Gasteiger partial charge is 0.450 e. The van der Waals surface area contributed by atoms with Crippen molar-refractivity contribution < 1.29 is 17.9 Å². The number of ether oxygens (including phenoxy) is 1.